The third-order valence-corrected chi connectivity index (χ3v) is 7.13. The van der Waals surface area contributed by atoms with Crippen LogP contribution in [0.1, 0.15) is 37.8 Å². The molecule has 5 rings (SSSR count). The lowest BCUT2D eigenvalue weighted by atomic mass is 10.0. The van der Waals surface area contributed by atoms with Crippen molar-refractivity contribution in [2.24, 2.45) is 0 Å². The molecule has 1 aromatic heterocycles. The smallest absolute Gasteiger partial charge is 0.222 e. The molecule has 0 aliphatic heterocycles. The van der Waals surface area contributed by atoms with Crippen molar-refractivity contribution in [3.8, 4) is 45.5 Å². The number of aliphatic hydroxyl groups is 2. The van der Waals surface area contributed by atoms with Crippen molar-refractivity contribution in [1.82, 2.24) is 4.98 Å². The molecule has 2 N–H and O–H groups in total. The Morgan fingerprint density at radius 1 is 0.500 bits per heavy atom. The zero-order chi connectivity index (χ0) is 29.3. The number of hydrogen-bond acceptors (Lipinski definition) is 5. The summed E-state index contributed by atoms with van der Waals surface area (Å²) < 4.78 is 12.0. The van der Waals surface area contributed by atoms with Gasteiger partial charge in [-0.25, -0.2) is 0 Å². The van der Waals surface area contributed by atoms with Crippen LogP contribution in [-0.2, 0) is 12.8 Å². The first-order chi connectivity index (χ1) is 20.4. The predicted octanol–water partition coefficient (Wildman–Crippen LogP) is 8.63. The molecule has 0 aliphatic carbocycles. The highest BCUT2D eigenvalue weighted by atomic mass is 16.5. The van der Waals surface area contributed by atoms with Gasteiger partial charge in [-0.3, -0.25) is 0 Å². The predicted molar refractivity (Wildman–Crippen MR) is 168 cm³/mol. The molecule has 1 heterocycles. The van der Waals surface area contributed by atoms with Crippen LogP contribution in [0, 0.1) is 0 Å². The number of hydrogen-bond donors (Lipinski definition) is 2. The summed E-state index contributed by atoms with van der Waals surface area (Å²) >= 11 is 0. The molecule has 42 heavy (non-hydrogen) atoms. The van der Waals surface area contributed by atoms with E-state index in [0.717, 1.165) is 47.9 Å². The van der Waals surface area contributed by atoms with Gasteiger partial charge in [-0.2, -0.15) is 4.98 Å². The molecule has 5 nitrogen and oxygen atoms in total. The molecule has 0 fully saturated rings. The highest BCUT2D eigenvalue weighted by Gasteiger charge is 2.07. The lowest BCUT2D eigenvalue weighted by Gasteiger charge is -2.10. The molecule has 0 saturated carbocycles. The number of aromatic nitrogens is 1. The van der Waals surface area contributed by atoms with Crippen LogP contribution in [0.2, 0.25) is 0 Å². The Bertz CT molecular complexity index is 1430. The first-order valence-electron chi connectivity index (χ1n) is 14.5. The normalized spacial score (nSPS) is 12.5. The summed E-state index contributed by atoms with van der Waals surface area (Å²) in [5.41, 5.74) is 6.91. The molecule has 0 saturated heterocycles. The van der Waals surface area contributed by atoms with E-state index in [-0.39, 0.29) is 12.2 Å². The van der Waals surface area contributed by atoms with E-state index in [9.17, 15) is 10.2 Å². The van der Waals surface area contributed by atoms with Gasteiger partial charge in [-0.05, 0) is 97.2 Å². The van der Waals surface area contributed by atoms with Gasteiger partial charge in [0.25, 0.3) is 0 Å². The van der Waals surface area contributed by atoms with Gasteiger partial charge in [0.05, 0.1) is 12.2 Å². The summed E-state index contributed by atoms with van der Waals surface area (Å²) in [7, 11) is 0. The highest BCUT2D eigenvalue weighted by Crippen LogP contribution is 2.29. The molecular formula is C37H37NO4. The second-order valence-electron chi connectivity index (χ2n) is 10.7. The summed E-state index contributed by atoms with van der Waals surface area (Å²) in [5.74, 6) is 2.29. The van der Waals surface area contributed by atoms with Gasteiger partial charge in [-0.1, -0.05) is 78.9 Å². The molecule has 2 unspecified atom stereocenters. The summed E-state index contributed by atoms with van der Waals surface area (Å²) in [5, 5.41) is 19.0. The highest BCUT2D eigenvalue weighted by molar-refractivity contribution is 5.65. The maximum Gasteiger partial charge on any atom is 0.222 e. The standard InChI is InChI=1S/C37H37NO4/c1-26(39)6-8-28-10-14-30(15-11-28)32-18-22-34(23-19-32)41-36-4-3-5-37(38-36)42-35-24-20-33(21-25-35)31-16-12-29(13-17-31)9-7-27(2)40/h3-5,10-27,39-40H,6-9H2,1-2H3. The molecule has 0 spiro atoms. The van der Waals surface area contributed by atoms with Crippen molar-refractivity contribution in [3.05, 3.63) is 126 Å². The van der Waals surface area contributed by atoms with Crippen LogP contribution >= 0.6 is 0 Å². The Balaban J connectivity index is 1.17. The number of aliphatic hydroxyl groups excluding tert-OH is 2. The summed E-state index contributed by atoms with van der Waals surface area (Å²) in [4.78, 5) is 4.52. The lowest BCUT2D eigenvalue weighted by molar-refractivity contribution is 0.184. The van der Waals surface area contributed by atoms with Crippen LogP contribution in [-0.4, -0.2) is 27.4 Å². The number of benzene rings is 4. The van der Waals surface area contributed by atoms with Gasteiger partial charge < -0.3 is 19.7 Å². The monoisotopic (exact) mass is 559 g/mol. The van der Waals surface area contributed by atoms with Crippen molar-refractivity contribution in [2.45, 2.75) is 51.7 Å². The Hall–Kier alpha value is -4.45. The number of rotatable bonds is 12. The molecule has 2 atom stereocenters. The Labute approximate surface area is 248 Å². The summed E-state index contributed by atoms with van der Waals surface area (Å²) in [6.07, 6.45) is 2.70. The maximum absolute atomic E-state index is 9.51. The number of ether oxygens (including phenoxy) is 2. The van der Waals surface area contributed by atoms with Gasteiger partial charge >= 0.3 is 0 Å². The van der Waals surface area contributed by atoms with E-state index < -0.39 is 0 Å². The van der Waals surface area contributed by atoms with Gasteiger partial charge in [-0.15, -0.1) is 0 Å². The Kier molecular flexibility index (Phi) is 9.65. The first kappa shape index (κ1) is 29.1. The fraction of sp³-hybridized carbons (Fsp3) is 0.216. The minimum absolute atomic E-state index is 0.284. The molecule has 0 radical (unpaired) electrons. The minimum Gasteiger partial charge on any atom is -0.439 e. The molecule has 5 aromatic rings. The van der Waals surface area contributed by atoms with Crippen molar-refractivity contribution in [1.29, 1.82) is 0 Å². The van der Waals surface area contributed by atoms with Crippen LogP contribution in [0.15, 0.2) is 115 Å². The quantitative estimate of drug-likeness (QED) is 0.160. The van der Waals surface area contributed by atoms with Crippen molar-refractivity contribution in [2.75, 3.05) is 0 Å². The molecular weight excluding hydrogens is 522 g/mol. The second kappa shape index (κ2) is 13.9. The van der Waals surface area contributed by atoms with Crippen molar-refractivity contribution < 1.29 is 19.7 Å². The van der Waals surface area contributed by atoms with E-state index in [1.54, 1.807) is 12.1 Å². The maximum atomic E-state index is 9.51. The molecule has 0 bridgehead atoms. The molecule has 0 amide bonds. The van der Waals surface area contributed by atoms with Gasteiger partial charge in [0, 0.05) is 12.1 Å². The van der Waals surface area contributed by atoms with E-state index in [1.807, 2.05) is 68.4 Å². The summed E-state index contributed by atoms with van der Waals surface area (Å²) in [6.45, 7) is 3.64. The second-order valence-corrected chi connectivity index (χ2v) is 10.7. The fourth-order valence-electron chi connectivity index (χ4n) is 4.66. The molecule has 214 valence electrons. The van der Waals surface area contributed by atoms with E-state index in [2.05, 4.69) is 53.5 Å². The van der Waals surface area contributed by atoms with Crippen LogP contribution in [0.3, 0.4) is 0 Å². The third kappa shape index (κ3) is 8.29. The van der Waals surface area contributed by atoms with Crippen molar-refractivity contribution in [3.63, 3.8) is 0 Å². The van der Waals surface area contributed by atoms with Gasteiger partial charge in [0.15, 0.2) is 0 Å². The van der Waals surface area contributed by atoms with Crippen LogP contribution in [0.5, 0.6) is 23.3 Å². The van der Waals surface area contributed by atoms with Gasteiger partial charge in [0.1, 0.15) is 11.5 Å². The largest absolute Gasteiger partial charge is 0.439 e. The SMILES string of the molecule is CC(O)CCc1ccc(-c2ccc(Oc3cccc(Oc4ccc(-c5ccc(CCC(C)O)cc5)cc4)n3)cc2)cc1. The minimum atomic E-state index is -0.284. The number of pyridine rings is 1. The average Bonchev–Trinajstić information content (AvgIpc) is 3.00. The molecule has 4 aromatic carbocycles. The molecule has 0 aliphatic rings. The number of aryl methyl sites for hydroxylation is 2. The van der Waals surface area contributed by atoms with Crippen LogP contribution < -0.4 is 9.47 Å². The number of nitrogens with zero attached hydrogens (tertiary/aromatic N) is 1. The fourth-order valence-corrected chi connectivity index (χ4v) is 4.66. The average molecular weight is 560 g/mol. The van der Waals surface area contributed by atoms with E-state index in [0.29, 0.717) is 23.3 Å². The summed E-state index contributed by atoms with van der Waals surface area (Å²) in [6, 6.07) is 38.2. The zero-order valence-corrected chi connectivity index (χ0v) is 24.1. The lowest BCUT2D eigenvalue weighted by Crippen LogP contribution is -2.01. The Morgan fingerprint density at radius 3 is 1.17 bits per heavy atom. The van der Waals surface area contributed by atoms with Crippen molar-refractivity contribution >= 4 is 0 Å². The first-order valence-corrected chi connectivity index (χ1v) is 14.5. The topological polar surface area (TPSA) is 71.8 Å². The van der Waals surface area contributed by atoms with E-state index >= 15 is 0 Å². The zero-order valence-electron chi connectivity index (χ0n) is 24.1. The van der Waals surface area contributed by atoms with E-state index in [1.165, 1.54) is 11.1 Å². The van der Waals surface area contributed by atoms with Crippen LogP contribution in [0.25, 0.3) is 22.3 Å². The van der Waals surface area contributed by atoms with E-state index in [4.69, 9.17) is 9.47 Å². The third-order valence-electron chi connectivity index (χ3n) is 7.13. The Morgan fingerprint density at radius 2 is 0.833 bits per heavy atom. The van der Waals surface area contributed by atoms with Crippen LogP contribution in [0.4, 0.5) is 0 Å². The van der Waals surface area contributed by atoms with Gasteiger partial charge in [0.2, 0.25) is 11.8 Å². The molecule has 5 heteroatoms.